The highest BCUT2D eigenvalue weighted by atomic mass is 16.5. The molecule has 0 bridgehead atoms. The molecule has 0 aromatic rings. The van der Waals surface area contributed by atoms with Crippen molar-refractivity contribution in [1.82, 2.24) is 10.2 Å². The Hall–Kier alpha value is -1.10. The molecule has 2 rings (SSSR count). The first kappa shape index (κ1) is 10.4. The maximum atomic E-state index is 11.6. The van der Waals surface area contributed by atoms with Gasteiger partial charge in [-0.25, -0.2) is 4.79 Å². The smallest absolute Gasteiger partial charge is 0.324 e. The molecular weight excluding hydrogens is 196 g/mol. The Balaban J connectivity index is 2.08. The number of imide groups is 1. The molecule has 1 unspecified atom stereocenters. The summed E-state index contributed by atoms with van der Waals surface area (Å²) in [4.78, 5) is 24.4. The number of ether oxygens (including phenoxy) is 1. The van der Waals surface area contributed by atoms with Gasteiger partial charge in [0.25, 0.3) is 0 Å². The predicted octanol–water partition coefficient (Wildman–Crippen LogP) is 0.497. The van der Waals surface area contributed by atoms with Crippen molar-refractivity contribution < 1.29 is 14.3 Å². The molecule has 2 saturated heterocycles. The first-order valence-electron chi connectivity index (χ1n) is 5.31. The third-order valence-corrected chi connectivity index (χ3v) is 3.12. The molecule has 2 fully saturated rings. The van der Waals surface area contributed by atoms with Gasteiger partial charge in [-0.1, -0.05) is 0 Å². The van der Waals surface area contributed by atoms with Gasteiger partial charge < -0.3 is 9.64 Å². The van der Waals surface area contributed by atoms with Gasteiger partial charge in [0.15, 0.2) is 0 Å². The van der Waals surface area contributed by atoms with E-state index in [4.69, 9.17) is 4.74 Å². The summed E-state index contributed by atoms with van der Waals surface area (Å²) in [6.45, 7) is 3.85. The summed E-state index contributed by atoms with van der Waals surface area (Å²) in [6, 6.07) is -0.278. The molecular formula is C10H16N2O3. The van der Waals surface area contributed by atoms with Crippen LogP contribution in [0.5, 0.6) is 0 Å². The van der Waals surface area contributed by atoms with Crippen LogP contribution in [-0.4, -0.2) is 42.1 Å². The van der Waals surface area contributed by atoms with E-state index in [0.29, 0.717) is 19.6 Å². The van der Waals surface area contributed by atoms with Crippen molar-refractivity contribution in [2.24, 2.45) is 0 Å². The predicted molar refractivity (Wildman–Crippen MR) is 53.3 cm³/mol. The van der Waals surface area contributed by atoms with Gasteiger partial charge in [0, 0.05) is 19.6 Å². The molecule has 0 aromatic carbocycles. The molecule has 1 N–H and O–H groups in total. The SMILES string of the molecule is CC1(N2CCC(=O)NC2=O)CCCOC1. The first-order valence-corrected chi connectivity index (χ1v) is 5.31. The minimum atomic E-state index is -0.278. The third-order valence-electron chi connectivity index (χ3n) is 3.12. The Kier molecular flexibility index (Phi) is 2.65. The van der Waals surface area contributed by atoms with Crippen molar-refractivity contribution in [3.8, 4) is 0 Å². The largest absolute Gasteiger partial charge is 0.379 e. The molecule has 5 heteroatoms. The van der Waals surface area contributed by atoms with Crippen LogP contribution in [-0.2, 0) is 9.53 Å². The summed E-state index contributed by atoms with van der Waals surface area (Å²) in [5.41, 5.74) is -0.247. The molecule has 3 amide bonds. The second-order valence-corrected chi connectivity index (χ2v) is 4.41. The molecule has 0 radical (unpaired) electrons. The van der Waals surface area contributed by atoms with Crippen molar-refractivity contribution in [3.63, 3.8) is 0 Å². The van der Waals surface area contributed by atoms with Crippen molar-refractivity contribution >= 4 is 11.9 Å². The van der Waals surface area contributed by atoms with Crippen molar-refractivity contribution in [1.29, 1.82) is 0 Å². The Labute approximate surface area is 88.8 Å². The van der Waals surface area contributed by atoms with Crippen LogP contribution < -0.4 is 5.32 Å². The number of urea groups is 1. The molecule has 15 heavy (non-hydrogen) atoms. The maximum Gasteiger partial charge on any atom is 0.324 e. The van der Waals surface area contributed by atoms with Crippen molar-refractivity contribution in [2.45, 2.75) is 31.7 Å². The van der Waals surface area contributed by atoms with E-state index in [1.165, 1.54) is 0 Å². The third kappa shape index (κ3) is 1.97. The number of hydrogen-bond acceptors (Lipinski definition) is 3. The lowest BCUT2D eigenvalue weighted by atomic mass is 9.92. The molecule has 2 aliphatic rings. The average Bonchev–Trinajstić information content (AvgIpc) is 2.18. The molecule has 0 aliphatic carbocycles. The van der Waals surface area contributed by atoms with Crippen LogP contribution in [0.4, 0.5) is 4.79 Å². The van der Waals surface area contributed by atoms with E-state index in [2.05, 4.69) is 5.32 Å². The fourth-order valence-corrected chi connectivity index (χ4v) is 2.21. The summed E-state index contributed by atoms with van der Waals surface area (Å²) in [5, 5.41) is 2.34. The van der Waals surface area contributed by atoms with E-state index in [1.807, 2.05) is 6.92 Å². The van der Waals surface area contributed by atoms with E-state index in [9.17, 15) is 9.59 Å². The van der Waals surface area contributed by atoms with Crippen LogP contribution in [0.3, 0.4) is 0 Å². The van der Waals surface area contributed by atoms with Gasteiger partial charge in [0.1, 0.15) is 0 Å². The van der Waals surface area contributed by atoms with Crippen LogP contribution >= 0.6 is 0 Å². The second-order valence-electron chi connectivity index (χ2n) is 4.41. The molecule has 2 heterocycles. The van der Waals surface area contributed by atoms with Gasteiger partial charge in [-0.2, -0.15) is 0 Å². The molecule has 2 aliphatic heterocycles. The Morgan fingerprint density at radius 2 is 2.27 bits per heavy atom. The molecule has 84 valence electrons. The Bertz CT molecular complexity index is 284. The molecule has 0 aromatic heterocycles. The summed E-state index contributed by atoms with van der Waals surface area (Å²) in [7, 11) is 0. The van der Waals surface area contributed by atoms with E-state index in [0.717, 1.165) is 19.4 Å². The van der Waals surface area contributed by atoms with Crippen LogP contribution in [0.1, 0.15) is 26.2 Å². The van der Waals surface area contributed by atoms with E-state index >= 15 is 0 Å². The van der Waals surface area contributed by atoms with Crippen LogP contribution in [0.15, 0.2) is 0 Å². The topological polar surface area (TPSA) is 58.6 Å². The van der Waals surface area contributed by atoms with E-state index in [1.54, 1.807) is 4.90 Å². The minimum absolute atomic E-state index is 0.184. The number of hydrogen-bond donors (Lipinski definition) is 1. The van der Waals surface area contributed by atoms with Gasteiger partial charge in [0.2, 0.25) is 5.91 Å². The van der Waals surface area contributed by atoms with Gasteiger partial charge in [-0.3, -0.25) is 10.1 Å². The van der Waals surface area contributed by atoms with Crippen molar-refractivity contribution in [2.75, 3.05) is 19.8 Å². The lowest BCUT2D eigenvalue weighted by molar-refractivity contribution is -0.123. The lowest BCUT2D eigenvalue weighted by Gasteiger charge is -2.44. The summed E-state index contributed by atoms with van der Waals surface area (Å²) in [6.07, 6.45) is 2.30. The Morgan fingerprint density at radius 3 is 2.87 bits per heavy atom. The molecule has 0 saturated carbocycles. The highest BCUT2D eigenvalue weighted by Gasteiger charge is 2.39. The average molecular weight is 212 g/mol. The minimum Gasteiger partial charge on any atom is -0.379 e. The van der Waals surface area contributed by atoms with Crippen LogP contribution in [0, 0.1) is 0 Å². The summed E-state index contributed by atoms with van der Waals surface area (Å²) < 4.78 is 5.41. The zero-order chi connectivity index (χ0) is 10.9. The van der Waals surface area contributed by atoms with Crippen molar-refractivity contribution in [3.05, 3.63) is 0 Å². The zero-order valence-electron chi connectivity index (χ0n) is 8.91. The van der Waals surface area contributed by atoms with Gasteiger partial charge in [0.05, 0.1) is 12.1 Å². The summed E-state index contributed by atoms with van der Waals surface area (Å²) in [5.74, 6) is -0.184. The van der Waals surface area contributed by atoms with Crippen LogP contribution in [0.25, 0.3) is 0 Å². The van der Waals surface area contributed by atoms with Gasteiger partial charge >= 0.3 is 6.03 Å². The fourth-order valence-electron chi connectivity index (χ4n) is 2.21. The number of carbonyl (C=O) groups is 2. The standard InChI is InChI=1S/C10H16N2O3/c1-10(4-2-6-15-7-10)12-5-3-8(13)11-9(12)14/h2-7H2,1H3,(H,11,13,14). The van der Waals surface area contributed by atoms with Gasteiger partial charge in [-0.05, 0) is 19.8 Å². The number of nitrogens with zero attached hydrogens (tertiary/aromatic N) is 1. The van der Waals surface area contributed by atoms with Crippen LogP contribution in [0.2, 0.25) is 0 Å². The second kappa shape index (κ2) is 3.81. The maximum absolute atomic E-state index is 11.6. The normalized spacial score (nSPS) is 32.7. The highest BCUT2D eigenvalue weighted by Crippen LogP contribution is 2.27. The van der Waals surface area contributed by atoms with E-state index in [-0.39, 0.29) is 17.5 Å². The van der Waals surface area contributed by atoms with Gasteiger partial charge in [-0.15, -0.1) is 0 Å². The number of carbonyl (C=O) groups excluding carboxylic acids is 2. The molecule has 1 atom stereocenters. The monoisotopic (exact) mass is 212 g/mol. The number of amides is 3. The number of nitrogens with one attached hydrogen (secondary N) is 1. The highest BCUT2D eigenvalue weighted by molar-refractivity contribution is 5.96. The zero-order valence-corrected chi connectivity index (χ0v) is 8.91. The molecule has 0 spiro atoms. The Morgan fingerprint density at radius 1 is 1.47 bits per heavy atom. The fraction of sp³-hybridized carbons (Fsp3) is 0.800. The van der Waals surface area contributed by atoms with E-state index < -0.39 is 0 Å². The molecule has 5 nitrogen and oxygen atoms in total. The quantitative estimate of drug-likeness (QED) is 0.688. The number of rotatable bonds is 1. The first-order chi connectivity index (χ1) is 7.12. The summed E-state index contributed by atoms with van der Waals surface area (Å²) >= 11 is 0. The lowest BCUT2D eigenvalue weighted by Crippen LogP contribution is -2.61.